The molecule has 4 nitrogen and oxygen atoms in total. The van der Waals surface area contributed by atoms with Gasteiger partial charge in [-0.05, 0) is 17.9 Å². The van der Waals surface area contributed by atoms with Crippen molar-refractivity contribution in [2.75, 3.05) is 39.2 Å². The Morgan fingerprint density at radius 1 is 1.53 bits per heavy atom. The fraction of sp³-hybridized carbons (Fsp3) is 0.615. The Morgan fingerprint density at radius 2 is 2.37 bits per heavy atom. The third-order valence-corrected chi connectivity index (χ3v) is 4.97. The van der Waals surface area contributed by atoms with E-state index in [0.29, 0.717) is 26.4 Å². The van der Waals surface area contributed by atoms with Crippen LogP contribution in [0.5, 0.6) is 0 Å². The Bertz CT molecular complexity index is 416. The van der Waals surface area contributed by atoms with Crippen LogP contribution < -0.4 is 0 Å². The molecule has 0 radical (unpaired) electrons. The van der Waals surface area contributed by atoms with E-state index in [0.717, 1.165) is 10.6 Å². The summed E-state index contributed by atoms with van der Waals surface area (Å²) in [6.45, 7) is 4.52. The van der Waals surface area contributed by atoms with Gasteiger partial charge < -0.3 is 14.4 Å². The Balaban J connectivity index is 1.89. The molecule has 0 saturated carbocycles. The average Bonchev–Trinajstić information content (AvgIpc) is 2.88. The maximum absolute atomic E-state index is 12.3. The van der Waals surface area contributed by atoms with Gasteiger partial charge in [-0.1, -0.05) is 6.92 Å². The molecule has 1 amide bonds. The number of ether oxygens (including phenoxy) is 2. The lowest BCUT2D eigenvalue weighted by molar-refractivity contribution is -0.0933. The molecule has 6 heteroatoms. The van der Waals surface area contributed by atoms with Gasteiger partial charge in [0.1, 0.15) is 0 Å². The molecule has 1 aromatic heterocycles. The van der Waals surface area contributed by atoms with Crippen LogP contribution in [0.3, 0.4) is 0 Å². The van der Waals surface area contributed by atoms with Gasteiger partial charge in [0.25, 0.3) is 5.91 Å². The Hall–Kier alpha value is -0.560. The number of hydrogen-bond acceptors (Lipinski definition) is 5. The molecule has 1 saturated heterocycles. The van der Waals surface area contributed by atoms with E-state index in [4.69, 9.17) is 9.47 Å². The zero-order chi connectivity index (χ0) is 13.7. The molecule has 2 heterocycles. The molecular weight excluding hydrogens is 282 g/mol. The molecule has 2 rings (SSSR count). The zero-order valence-electron chi connectivity index (χ0n) is 11.3. The summed E-state index contributed by atoms with van der Waals surface area (Å²) >= 11 is 3.32. The van der Waals surface area contributed by atoms with E-state index in [1.54, 1.807) is 28.0 Å². The number of rotatable bonds is 5. The van der Waals surface area contributed by atoms with Gasteiger partial charge in [0.2, 0.25) is 0 Å². The van der Waals surface area contributed by atoms with Gasteiger partial charge in [-0.15, -0.1) is 23.1 Å². The first-order chi connectivity index (χ1) is 9.20. The first-order valence-corrected chi connectivity index (χ1v) is 8.18. The lowest BCUT2D eigenvalue weighted by Gasteiger charge is -2.27. The van der Waals surface area contributed by atoms with Crippen molar-refractivity contribution in [1.29, 1.82) is 0 Å². The normalized spacial score (nSPS) is 19.4. The van der Waals surface area contributed by atoms with Gasteiger partial charge in [0.15, 0.2) is 0 Å². The van der Waals surface area contributed by atoms with Crippen molar-refractivity contribution in [3.05, 3.63) is 17.0 Å². The van der Waals surface area contributed by atoms with Crippen LogP contribution in [0.25, 0.3) is 0 Å². The molecule has 0 aliphatic carbocycles. The topological polar surface area (TPSA) is 38.8 Å². The van der Waals surface area contributed by atoms with E-state index in [2.05, 4.69) is 6.92 Å². The van der Waals surface area contributed by atoms with Gasteiger partial charge in [-0.3, -0.25) is 4.79 Å². The molecule has 0 aromatic carbocycles. The summed E-state index contributed by atoms with van der Waals surface area (Å²) < 4.78 is 12.1. The molecule has 1 aliphatic heterocycles. The average molecular weight is 301 g/mol. The Morgan fingerprint density at radius 3 is 3.05 bits per heavy atom. The minimum atomic E-state index is -0.00727. The second-order valence-corrected chi connectivity index (χ2v) is 6.95. The summed E-state index contributed by atoms with van der Waals surface area (Å²) in [5.41, 5.74) is 0. The van der Waals surface area contributed by atoms with E-state index < -0.39 is 0 Å². The molecule has 1 aromatic rings. The maximum atomic E-state index is 12.3. The van der Waals surface area contributed by atoms with E-state index in [9.17, 15) is 4.79 Å². The third-order valence-electron chi connectivity index (χ3n) is 2.79. The summed E-state index contributed by atoms with van der Waals surface area (Å²) in [4.78, 5) is 14.8. The zero-order valence-corrected chi connectivity index (χ0v) is 12.9. The summed E-state index contributed by atoms with van der Waals surface area (Å²) in [6, 6.07) is 3.92. The number of carbonyl (C=O) groups is 1. The predicted molar refractivity (Wildman–Crippen MR) is 78.2 cm³/mol. The molecule has 1 fully saturated rings. The molecule has 0 spiro atoms. The van der Waals surface area contributed by atoms with Gasteiger partial charge >= 0.3 is 0 Å². The fourth-order valence-corrected chi connectivity index (χ4v) is 3.91. The molecule has 0 N–H and O–H groups in total. The van der Waals surface area contributed by atoms with Crippen LogP contribution in [0, 0.1) is 0 Å². The first-order valence-electron chi connectivity index (χ1n) is 6.38. The number of nitrogens with zero attached hydrogens (tertiary/aromatic N) is 1. The van der Waals surface area contributed by atoms with Crippen molar-refractivity contribution >= 4 is 29.0 Å². The van der Waals surface area contributed by atoms with Crippen molar-refractivity contribution in [3.63, 3.8) is 0 Å². The number of thioether (sulfide) groups is 1. The van der Waals surface area contributed by atoms with Crippen LogP contribution >= 0.6 is 23.1 Å². The summed E-state index contributed by atoms with van der Waals surface area (Å²) in [5, 5.41) is 0. The van der Waals surface area contributed by atoms with E-state index in [-0.39, 0.29) is 12.0 Å². The highest BCUT2D eigenvalue weighted by Gasteiger charge is 2.21. The minimum Gasteiger partial charge on any atom is -0.376 e. The monoisotopic (exact) mass is 301 g/mol. The van der Waals surface area contributed by atoms with Gasteiger partial charge in [0.05, 0.1) is 35.0 Å². The molecule has 1 unspecified atom stereocenters. The van der Waals surface area contributed by atoms with Crippen molar-refractivity contribution in [2.45, 2.75) is 17.2 Å². The quantitative estimate of drug-likeness (QED) is 0.783. The number of amides is 1. The molecular formula is C13H19NO3S2. The maximum Gasteiger partial charge on any atom is 0.263 e. The number of carbonyl (C=O) groups excluding carboxylic acids is 1. The Labute approximate surface area is 122 Å². The van der Waals surface area contributed by atoms with Crippen molar-refractivity contribution in [1.82, 2.24) is 4.90 Å². The highest BCUT2D eigenvalue weighted by Crippen LogP contribution is 2.27. The lowest BCUT2D eigenvalue weighted by atomic mass is 10.3. The van der Waals surface area contributed by atoms with Crippen LogP contribution in [-0.4, -0.2) is 56.1 Å². The number of likely N-dealkylation sites (N-methyl/N-ethyl adjacent to an activating group) is 1. The predicted octanol–water partition coefficient (Wildman–Crippen LogP) is 2.35. The van der Waals surface area contributed by atoms with Crippen LogP contribution in [0.2, 0.25) is 0 Å². The molecule has 1 aliphatic rings. The Kier molecular flexibility index (Phi) is 5.69. The van der Waals surface area contributed by atoms with E-state index in [1.807, 2.05) is 19.2 Å². The molecule has 0 bridgehead atoms. The fourth-order valence-electron chi connectivity index (χ4n) is 1.87. The van der Waals surface area contributed by atoms with Crippen LogP contribution in [-0.2, 0) is 9.47 Å². The number of thiophene rings is 1. The third kappa shape index (κ3) is 4.21. The van der Waals surface area contributed by atoms with Gasteiger partial charge in [-0.2, -0.15) is 0 Å². The van der Waals surface area contributed by atoms with Gasteiger partial charge in [0, 0.05) is 13.6 Å². The first kappa shape index (κ1) is 14.8. The second kappa shape index (κ2) is 7.28. The van der Waals surface area contributed by atoms with Crippen LogP contribution in [0.4, 0.5) is 0 Å². The molecule has 1 atom stereocenters. The smallest absolute Gasteiger partial charge is 0.263 e. The summed E-state index contributed by atoms with van der Waals surface area (Å²) in [7, 11) is 1.81. The SMILES string of the molecule is CCSc1ccc(C(=O)N(C)CC2COCCO2)s1. The van der Waals surface area contributed by atoms with E-state index in [1.165, 1.54) is 4.21 Å². The van der Waals surface area contributed by atoms with E-state index >= 15 is 0 Å². The van der Waals surface area contributed by atoms with Gasteiger partial charge in [-0.25, -0.2) is 0 Å². The molecule has 106 valence electrons. The summed E-state index contributed by atoms with van der Waals surface area (Å²) in [5.74, 6) is 1.08. The number of hydrogen-bond donors (Lipinski definition) is 0. The van der Waals surface area contributed by atoms with Crippen molar-refractivity contribution in [2.24, 2.45) is 0 Å². The lowest BCUT2D eigenvalue weighted by Crippen LogP contribution is -2.40. The van der Waals surface area contributed by atoms with Crippen molar-refractivity contribution < 1.29 is 14.3 Å². The standard InChI is InChI=1S/C13H19NO3S2/c1-3-18-12-5-4-11(19-12)13(15)14(2)8-10-9-16-6-7-17-10/h4-5,10H,3,6-9H2,1-2H3. The summed E-state index contributed by atoms with van der Waals surface area (Å²) in [6.07, 6.45) is -0.00727. The largest absolute Gasteiger partial charge is 0.376 e. The van der Waals surface area contributed by atoms with Crippen LogP contribution in [0.15, 0.2) is 16.3 Å². The highest BCUT2D eigenvalue weighted by atomic mass is 32.2. The second-order valence-electron chi connectivity index (χ2n) is 4.31. The van der Waals surface area contributed by atoms with Crippen molar-refractivity contribution in [3.8, 4) is 0 Å². The minimum absolute atomic E-state index is 0.00727. The van der Waals surface area contributed by atoms with Crippen LogP contribution in [0.1, 0.15) is 16.6 Å². The molecule has 19 heavy (non-hydrogen) atoms. The highest BCUT2D eigenvalue weighted by molar-refractivity contribution is 8.01.